The van der Waals surface area contributed by atoms with Crippen molar-refractivity contribution in [3.63, 3.8) is 0 Å². The molecule has 0 unspecified atom stereocenters. The van der Waals surface area contributed by atoms with Crippen LogP contribution < -0.4 is 4.90 Å². The highest BCUT2D eigenvalue weighted by Crippen LogP contribution is 2.19. The quantitative estimate of drug-likeness (QED) is 0.853. The van der Waals surface area contributed by atoms with E-state index in [9.17, 15) is 4.79 Å². The maximum atomic E-state index is 12.5. The molecule has 114 valence electrons. The summed E-state index contributed by atoms with van der Waals surface area (Å²) in [4.78, 5) is 24.9. The molecule has 1 fully saturated rings. The highest BCUT2D eigenvalue weighted by atomic mass is 35.5. The average molecular weight is 317 g/mol. The lowest BCUT2D eigenvalue weighted by Crippen LogP contribution is -2.49. The van der Waals surface area contributed by atoms with E-state index in [-0.39, 0.29) is 5.91 Å². The Morgan fingerprint density at radius 1 is 1.14 bits per heavy atom. The number of benzene rings is 1. The molecule has 1 aliphatic rings. The van der Waals surface area contributed by atoms with Gasteiger partial charge in [0.25, 0.3) is 5.91 Å². The Morgan fingerprint density at radius 3 is 2.55 bits per heavy atom. The van der Waals surface area contributed by atoms with Gasteiger partial charge < -0.3 is 9.80 Å². The Balaban J connectivity index is 1.67. The molecule has 0 N–H and O–H groups in total. The van der Waals surface area contributed by atoms with Crippen molar-refractivity contribution in [3.05, 3.63) is 52.9 Å². The Labute approximate surface area is 134 Å². The van der Waals surface area contributed by atoms with Crippen LogP contribution in [0.2, 0.25) is 5.02 Å². The number of halogens is 1. The molecule has 2 aromatic rings. The number of carbonyl (C=O) groups excluding carboxylic acids is 1. The summed E-state index contributed by atoms with van der Waals surface area (Å²) in [5.74, 6) is 0.904. The maximum absolute atomic E-state index is 12.5. The molecule has 0 bridgehead atoms. The molecule has 5 nitrogen and oxygen atoms in total. The molecule has 1 aromatic heterocycles. The molecule has 0 radical (unpaired) electrons. The van der Waals surface area contributed by atoms with Crippen molar-refractivity contribution in [2.45, 2.75) is 6.92 Å². The second kappa shape index (κ2) is 6.32. The average Bonchev–Trinajstić information content (AvgIpc) is 2.55. The van der Waals surface area contributed by atoms with Crippen molar-refractivity contribution < 1.29 is 4.79 Å². The highest BCUT2D eigenvalue weighted by Gasteiger charge is 2.24. The Kier molecular flexibility index (Phi) is 4.24. The second-order valence-corrected chi connectivity index (χ2v) is 5.68. The third kappa shape index (κ3) is 3.04. The smallest absolute Gasteiger partial charge is 0.255 e. The number of amides is 1. The van der Waals surface area contributed by atoms with Crippen molar-refractivity contribution in [1.82, 2.24) is 14.9 Å². The number of carbonyl (C=O) groups is 1. The predicted octanol–water partition coefficient (Wildman–Crippen LogP) is 2.40. The van der Waals surface area contributed by atoms with Crippen LogP contribution >= 0.6 is 11.6 Å². The molecule has 0 aliphatic carbocycles. The minimum Gasteiger partial charge on any atom is -0.353 e. The molecule has 2 heterocycles. The van der Waals surface area contributed by atoms with E-state index >= 15 is 0 Å². The van der Waals surface area contributed by atoms with E-state index < -0.39 is 0 Å². The minimum absolute atomic E-state index is 0.0101. The number of rotatable bonds is 2. The van der Waals surface area contributed by atoms with Gasteiger partial charge in [-0.1, -0.05) is 23.7 Å². The molecule has 1 saturated heterocycles. The van der Waals surface area contributed by atoms with E-state index in [1.807, 2.05) is 30.0 Å². The molecule has 22 heavy (non-hydrogen) atoms. The Morgan fingerprint density at radius 2 is 1.86 bits per heavy atom. The topological polar surface area (TPSA) is 49.3 Å². The van der Waals surface area contributed by atoms with Crippen molar-refractivity contribution in [2.24, 2.45) is 0 Å². The fourth-order valence-corrected chi connectivity index (χ4v) is 2.77. The number of hydrogen-bond donors (Lipinski definition) is 0. The molecule has 0 saturated carbocycles. The van der Waals surface area contributed by atoms with Gasteiger partial charge in [-0.05, 0) is 19.1 Å². The van der Waals surface area contributed by atoms with Crippen molar-refractivity contribution in [3.8, 4) is 0 Å². The fourth-order valence-electron chi connectivity index (χ4n) is 2.56. The standard InChI is InChI=1S/C16H17ClN4O/c1-12-10-15(19-11-18-12)20-6-8-21(9-7-20)16(22)13-4-2-3-5-14(13)17/h2-5,10-11H,6-9H2,1H3. The van der Waals surface area contributed by atoms with Gasteiger partial charge in [0, 0.05) is 37.9 Å². The summed E-state index contributed by atoms with van der Waals surface area (Å²) in [6, 6.07) is 9.14. The zero-order valence-corrected chi connectivity index (χ0v) is 13.1. The largest absolute Gasteiger partial charge is 0.353 e. The number of nitrogens with zero attached hydrogens (tertiary/aromatic N) is 4. The van der Waals surface area contributed by atoms with E-state index in [2.05, 4.69) is 14.9 Å². The third-order valence-electron chi connectivity index (χ3n) is 3.78. The monoisotopic (exact) mass is 316 g/mol. The first-order chi connectivity index (χ1) is 10.6. The van der Waals surface area contributed by atoms with E-state index in [4.69, 9.17) is 11.6 Å². The number of anilines is 1. The van der Waals surface area contributed by atoms with Crippen LogP contribution in [0, 0.1) is 6.92 Å². The van der Waals surface area contributed by atoms with Gasteiger partial charge in [-0.25, -0.2) is 9.97 Å². The fraction of sp³-hybridized carbons (Fsp3) is 0.312. The Bertz CT molecular complexity index is 683. The molecular weight excluding hydrogens is 300 g/mol. The summed E-state index contributed by atoms with van der Waals surface area (Å²) < 4.78 is 0. The lowest BCUT2D eigenvalue weighted by molar-refractivity contribution is 0.0746. The van der Waals surface area contributed by atoms with Crippen LogP contribution in [0.15, 0.2) is 36.7 Å². The SMILES string of the molecule is Cc1cc(N2CCN(C(=O)c3ccccc3Cl)CC2)ncn1. The predicted molar refractivity (Wildman–Crippen MR) is 86.3 cm³/mol. The van der Waals surface area contributed by atoms with Gasteiger partial charge in [-0.3, -0.25) is 4.79 Å². The number of hydrogen-bond acceptors (Lipinski definition) is 4. The first kappa shape index (κ1) is 14.8. The van der Waals surface area contributed by atoms with E-state index in [1.54, 1.807) is 18.5 Å². The van der Waals surface area contributed by atoms with Crippen LogP contribution in [-0.4, -0.2) is 47.0 Å². The summed E-state index contributed by atoms with van der Waals surface area (Å²) >= 11 is 6.11. The molecule has 1 aliphatic heterocycles. The van der Waals surface area contributed by atoms with Crippen LogP contribution in [0.5, 0.6) is 0 Å². The van der Waals surface area contributed by atoms with E-state index in [1.165, 1.54) is 0 Å². The summed E-state index contributed by atoms with van der Waals surface area (Å²) in [6.07, 6.45) is 1.58. The van der Waals surface area contributed by atoms with Gasteiger partial charge in [-0.2, -0.15) is 0 Å². The molecule has 3 rings (SSSR count). The first-order valence-electron chi connectivity index (χ1n) is 7.22. The van der Waals surface area contributed by atoms with Crippen molar-refractivity contribution in [2.75, 3.05) is 31.1 Å². The highest BCUT2D eigenvalue weighted by molar-refractivity contribution is 6.33. The summed E-state index contributed by atoms with van der Waals surface area (Å²) in [5, 5.41) is 0.501. The third-order valence-corrected chi connectivity index (χ3v) is 4.11. The molecule has 6 heteroatoms. The summed E-state index contributed by atoms with van der Waals surface area (Å²) in [5.41, 5.74) is 1.51. The lowest BCUT2D eigenvalue weighted by atomic mass is 10.2. The van der Waals surface area contributed by atoms with Gasteiger partial charge in [0.1, 0.15) is 12.1 Å². The summed E-state index contributed by atoms with van der Waals surface area (Å²) in [7, 11) is 0. The van der Waals surface area contributed by atoms with Crippen LogP contribution in [0.4, 0.5) is 5.82 Å². The van der Waals surface area contributed by atoms with Crippen molar-refractivity contribution >= 4 is 23.3 Å². The van der Waals surface area contributed by atoms with Gasteiger partial charge in [0.15, 0.2) is 0 Å². The van der Waals surface area contributed by atoms with Gasteiger partial charge in [-0.15, -0.1) is 0 Å². The zero-order valence-electron chi connectivity index (χ0n) is 12.4. The van der Waals surface area contributed by atoms with Crippen LogP contribution in [0.1, 0.15) is 16.1 Å². The number of aromatic nitrogens is 2. The van der Waals surface area contributed by atoms with Gasteiger partial charge in [0.05, 0.1) is 10.6 Å². The lowest BCUT2D eigenvalue weighted by Gasteiger charge is -2.35. The van der Waals surface area contributed by atoms with E-state index in [0.717, 1.165) is 24.6 Å². The first-order valence-corrected chi connectivity index (χ1v) is 7.60. The van der Waals surface area contributed by atoms with Crippen LogP contribution in [-0.2, 0) is 0 Å². The minimum atomic E-state index is -0.0101. The van der Waals surface area contributed by atoms with Crippen LogP contribution in [0.25, 0.3) is 0 Å². The molecular formula is C16H17ClN4O. The number of aryl methyl sites for hydroxylation is 1. The van der Waals surface area contributed by atoms with Crippen molar-refractivity contribution in [1.29, 1.82) is 0 Å². The maximum Gasteiger partial charge on any atom is 0.255 e. The Hall–Kier alpha value is -2.14. The van der Waals surface area contributed by atoms with Crippen LogP contribution in [0.3, 0.4) is 0 Å². The second-order valence-electron chi connectivity index (χ2n) is 5.28. The zero-order chi connectivity index (χ0) is 15.5. The van der Waals surface area contributed by atoms with Gasteiger partial charge in [0.2, 0.25) is 0 Å². The normalized spacial score (nSPS) is 15.0. The van der Waals surface area contributed by atoms with E-state index in [0.29, 0.717) is 23.7 Å². The van der Waals surface area contributed by atoms with Gasteiger partial charge >= 0.3 is 0 Å². The molecule has 0 atom stereocenters. The summed E-state index contributed by atoms with van der Waals surface area (Å²) in [6.45, 7) is 4.78. The molecule has 0 spiro atoms. The number of piperazine rings is 1. The molecule has 1 amide bonds. The molecule has 1 aromatic carbocycles.